The van der Waals surface area contributed by atoms with Crippen LogP contribution >= 0.6 is 0 Å². The normalized spacial score (nSPS) is 18.6. The third-order valence-electron chi connectivity index (χ3n) is 6.81. The minimum atomic E-state index is -0.355. The first-order valence-corrected chi connectivity index (χ1v) is 11.5. The number of benzene rings is 2. The van der Waals surface area contributed by atoms with Crippen molar-refractivity contribution in [1.29, 1.82) is 0 Å². The molecule has 0 aliphatic heterocycles. The minimum absolute atomic E-state index is 0.137. The summed E-state index contributed by atoms with van der Waals surface area (Å²) < 4.78 is 17.5. The molecule has 4 aromatic rings. The number of rotatable bonds is 5. The molecular weight excluding hydrogens is 419 g/mol. The maximum Gasteiger partial charge on any atom is 0.291 e. The average molecular weight is 447 g/mol. The van der Waals surface area contributed by atoms with Gasteiger partial charge < -0.3 is 9.88 Å². The molecule has 1 saturated carbocycles. The van der Waals surface area contributed by atoms with Gasteiger partial charge in [-0.2, -0.15) is 5.10 Å². The Hall–Kier alpha value is -3.48. The first-order valence-electron chi connectivity index (χ1n) is 11.5. The lowest BCUT2D eigenvalue weighted by atomic mass is 9.86. The van der Waals surface area contributed by atoms with E-state index < -0.39 is 0 Å². The van der Waals surface area contributed by atoms with Gasteiger partial charge in [-0.25, -0.2) is 9.07 Å². The van der Waals surface area contributed by atoms with Gasteiger partial charge in [0, 0.05) is 27.9 Å². The van der Waals surface area contributed by atoms with Crippen molar-refractivity contribution >= 4 is 27.7 Å². The quantitative estimate of drug-likeness (QED) is 0.499. The molecule has 7 heteroatoms. The molecule has 0 bridgehead atoms. The fraction of sp³-hybridized carbons (Fsp3) is 0.346. The van der Waals surface area contributed by atoms with Crippen molar-refractivity contribution in [2.24, 2.45) is 5.92 Å². The second-order valence-electron chi connectivity index (χ2n) is 9.00. The van der Waals surface area contributed by atoms with E-state index in [1.54, 1.807) is 24.4 Å². The Bertz CT molecular complexity index is 1390. The Labute approximate surface area is 191 Å². The van der Waals surface area contributed by atoms with E-state index in [0.717, 1.165) is 30.2 Å². The summed E-state index contributed by atoms with van der Waals surface area (Å²) in [6.07, 6.45) is 6.00. The number of carbonyl (C=O) groups excluding carboxylic acids is 1. The van der Waals surface area contributed by atoms with E-state index in [4.69, 9.17) is 0 Å². The third-order valence-corrected chi connectivity index (χ3v) is 6.81. The summed E-state index contributed by atoms with van der Waals surface area (Å²) in [7, 11) is 0. The molecule has 170 valence electrons. The SMILES string of the molecule is C[C@@H]1CCCC[C@@H]1NC(=O)Cn1ncc2c3ccccc3n(Cc3ccccc3F)c2c1=O. The molecule has 1 fully saturated rings. The van der Waals surface area contributed by atoms with Gasteiger partial charge in [-0.15, -0.1) is 0 Å². The number of para-hydroxylation sites is 1. The van der Waals surface area contributed by atoms with Crippen LogP contribution in [0.5, 0.6) is 0 Å². The molecule has 2 aromatic heterocycles. The zero-order chi connectivity index (χ0) is 22.9. The molecule has 0 saturated heterocycles. The first-order chi connectivity index (χ1) is 16.0. The number of halogens is 1. The van der Waals surface area contributed by atoms with Crippen molar-refractivity contribution in [2.75, 3.05) is 0 Å². The van der Waals surface area contributed by atoms with Crippen LogP contribution in [0.2, 0.25) is 0 Å². The molecule has 0 radical (unpaired) electrons. The minimum Gasteiger partial charge on any atom is -0.351 e. The number of aromatic nitrogens is 3. The zero-order valence-electron chi connectivity index (χ0n) is 18.6. The van der Waals surface area contributed by atoms with Gasteiger partial charge in [0.1, 0.15) is 17.9 Å². The van der Waals surface area contributed by atoms with Crippen LogP contribution in [0.1, 0.15) is 38.2 Å². The fourth-order valence-electron chi connectivity index (χ4n) is 4.99. The van der Waals surface area contributed by atoms with E-state index in [-0.39, 0.29) is 36.4 Å². The molecule has 1 amide bonds. The molecule has 0 spiro atoms. The van der Waals surface area contributed by atoms with Gasteiger partial charge in [0.2, 0.25) is 5.91 Å². The maximum atomic E-state index is 14.4. The second kappa shape index (κ2) is 8.81. The maximum absolute atomic E-state index is 14.4. The van der Waals surface area contributed by atoms with Gasteiger partial charge in [0.25, 0.3) is 5.56 Å². The smallest absolute Gasteiger partial charge is 0.291 e. The predicted octanol–water partition coefficient (Wildman–Crippen LogP) is 4.23. The fourth-order valence-corrected chi connectivity index (χ4v) is 4.99. The van der Waals surface area contributed by atoms with Gasteiger partial charge in [0.15, 0.2) is 0 Å². The molecule has 1 N–H and O–H groups in total. The molecule has 6 nitrogen and oxygen atoms in total. The second-order valence-corrected chi connectivity index (χ2v) is 9.00. The van der Waals surface area contributed by atoms with E-state index in [2.05, 4.69) is 17.3 Å². The van der Waals surface area contributed by atoms with Gasteiger partial charge in [0.05, 0.1) is 12.7 Å². The van der Waals surface area contributed by atoms with Crippen molar-refractivity contribution in [1.82, 2.24) is 19.7 Å². The van der Waals surface area contributed by atoms with Crippen molar-refractivity contribution in [3.05, 3.63) is 76.5 Å². The van der Waals surface area contributed by atoms with Crippen LogP contribution < -0.4 is 10.9 Å². The van der Waals surface area contributed by atoms with Crippen LogP contribution in [0.15, 0.2) is 59.5 Å². The molecule has 0 unspecified atom stereocenters. The summed E-state index contributed by atoms with van der Waals surface area (Å²) >= 11 is 0. The average Bonchev–Trinajstić information content (AvgIpc) is 3.13. The third kappa shape index (κ3) is 4.03. The topological polar surface area (TPSA) is 68.9 Å². The summed E-state index contributed by atoms with van der Waals surface area (Å²) in [4.78, 5) is 26.2. The predicted molar refractivity (Wildman–Crippen MR) is 127 cm³/mol. The summed E-state index contributed by atoms with van der Waals surface area (Å²) in [5, 5.41) is 8.96. The zero-order valence-corrected chi connectivity index (χ0v) is 18.6. The Balaban J connectivity index is 1.54. The van der Waals surface area contributed by atoms with E-state index in [1.165, 1.54) is 17.2 Å². The highest BCUT2D eigenvalue weighted by atomic mass is 19.1. The van der Waals surface area contributed by atoms with Crippen LogP contribution in [-0.4, -0.2) is 26.3 Å². The standard InChI is InChI=1S/C26H27FN4O2/c1-17-8-2-6-12-22(17)29-24(32)16-31-26(33)25-20(14-28-31)19-10-4-7-13-23(19)30(25)15-18-9-3-5-11-21(18)27/h3-5,7,9-11,13-14,17,22H,2,6,8,12,15-16H2,1H3,(H,29,32)/t17-,22+/m1/s1. The van der Waals surface area contributed by atoms with Crippen LogP contribution in [-0.2, 0) is 17.9 Å². The molecule has 1 aliphatic rings. The Morgan fingerprint density at radius 2 is 1.85 bits per heavy atom. The van der Waals surface area contributed by atoms with Crippen LogP contribution in [0.4, 0.5) is 4.39 Å². The summed E-state index contributed by atoms with van der Waals surface area (Å²) in [6, 6.07) is 14.3. The first kappa shape index (κ1) is 21.4. The summed E-state index contributed by atoms with van der Waals surface area (Å²) in [6.45, 7) is 2.22. The number of hydrogen-bond donors (Lipinski definition) is 1. The molecule has 1 aliphatic carbocycles. The number of fused-ring (bicyclic) bond motifs is 3. The highest BCUT2D eigenvalue weighted by Crippen LogP contribution is 2.28. The van der Waals surface area contributed by atoms with Crippen LogP contribution in [0.25, 0.3) is 21.8 Å². The van der Waals surface area contributed by atoms with E-state index >= 15 is 0 Å². The Kier molecular flexibility index (Phi) is 5.70. The van der Waals surface area contributed by atoms with Crippen LogP contribution in [0.3, 0.4) is 0 Å². The van der Waals surface area contributed by atoms with Gasteiger partial charge in [-0.3, -0.25) is 9.59 Å². The van der Waals surface area contributed by atoms with Gasteiger partial charge in [-0.1, -0.05) is 56.2 Å². The van der Waals surface area contributed by atoms with Crippen molar-refractivity contribution in [3.63, 3.8) is 0 Å². The number of nitrogens with zero attached hydrogens (tertiary/aromatic N) is 3. The van der Waals surface area contributed by atoms with Crippen molar-refractivity contribution < 1.29 is 9.18 Å². The molecule has 2 heterocycles. The largest absolute Gasteiger partial charge is 0.351 e. The molecular formula is C26H27FN4O2. The number of amides is 1. The number of hydrogen-bond acceptors (Lipinski definition) is 3. The molecule has 5 rings (SSSR count). The lowest BCUT2D eigenvalue weighted by Crippen LogP contribution is -2.43. The van der Waals surface area contributed by atoms with Gasteiger partial charge >= 0.3 is 0 Å². The van der Waals surface area contributed by atoms with E-state index in [1.807, 2.05) is 28.8 Å². The Morgan fingerprint density at radius 1 is 1.09 bits per heavy atom. The monoisotopic (exact) mass is 446 g/mol. The molecule has 33 heavy (non-hydrogen) atoms. The van der Waals surface area contributed by atoms with E-state index in [0.29, 0.717) is 22.4 Å². The van der Waals surface area contributed by atoms with Gasteiger partial charge in [-0.05, 0) is 30.9 Å². The molecule has 2 aromatic carbocycles. The van der Waals surface area contributed by atoms with Crippen molar-refractivity contribution in [2.45, 2.75) is 51.7 Å². The summed E-state index contributed by atoms with van der Waals surface area (Å²) in [5.41, 5.74) is 1.39. The summed E-state index contributed by atoms with van der Waals surface area (Å²) in [5.74, 6) is -0.101. The Morgan fingerprint density at radius 3 is 2.67 bits per heavy atom. The number of carbonyl (C=O) groups is 1. The lowest BCUT2D eigenvalue weighted by Gasteiger charge is -2.29. The highest BCUT2D eigenvalue weighted by molar-refractivity contribution is 6.07. The lowest BCUT2D eigenvalue weighted by molar-refractivity contribution is -0.123. The molecule has 2 atom stereocenters. The van der Waals surface area contributed by atoms with Crippen LogP contribution in [0, 0.1) is 11.7 Å². The highest BCUT2D eigenvalue weighted by Gasteiger charge is 2.24. The number of nitrogens with one attached hydrogen (secondary N) is 1. The van der Waals surface area contributed by atoms with E-state index in [9.17, 15) is 14.0 Å². The van der Waals surface area contributed by atoms with Crippen molar-refractivity contribution in [3.8, 4) is 0 Å².